The Morgan fingerprint density at radius 1 is 1.08 bits per heavy atom. The van der Waals surface area contributed by atoms with Crippen LogP contribution in [0.25, 0.3) is 0 Å². The molecule has 2 aliphatic heterocycles. The van der Waals surface area contributed by atoms with Gasteiger partial charge < -0.3 is 10.6 Å². The zero-order valence-electron chi connectivity index (χ0n) is 8.03. The molecule has 0 aromatic carbocycles. The Balaban J connectivity index is 1.96. The highest BCUT2D eigenvalue weighted by atomic mass is 14.9. The molecule has 2 saturated heterocycles. The SMILES string of the molecule is CC1(C2CCNCC2)CCNC1. The minimum absolute atomic E-state index is 0.613. The molecule has 1 unspecified atom stereocenters. The maximum Gasteiger partial charge on any atom is 0.000831 e. The van der Waals surface area contributed by atoms with Crippen molar-refractivity contribution in [1.29, 1.82) is 0 Å². The van der Waals surface area contributed by atoms with Crippen LogP contribution in [0.3, 0.4) is 0 Å². The molecule has 70 valence electrons. The van der Waals surface area contributed by atoms with Crippen molar-refractivity contribution in [3.63, 3.8) is 0 Å². The van der Waals surface area contributed by atoms with Crippen molar-refractivity contribution < 1.29 is 0 Å². The normalized spacial score (nSPS) is 38.8. The minimum atomic E-state index is 0.613. The largest absolute Gasteiger partial charge is 0.317 e. The molecule has 0 spiro atoms. The second-order valence-electron chi connectivity index (χ2n) is 4.61. The van der Waals surface area contributed by atoms with E-state index in [0.717, 1.165) is 5.92 Å². The molecule has 2 heteroatoms. The first kappa shape index (κ1) is 8.52. The summed E-state index contributed by atoms with van der Waals surface area (Å²) in [6.45, 7) is 7.42. The summed E-state index contributed by atoms with van der Waals surface area (Å²) in [4.78, 5) is 0. The molecule has 2 nitrogen and oxygen atoms in total. The monoisotopic (exact) mass is 168 g/mol. The Hall–Kier alpha value is -0.0800. The molecular weight excluding hydrogens is 148 g/mol. The highest BCUT2D eigenvalue weighted by Crippen LogP contribution is 2.38. The van der Waals surface area contributed by atoms with Crippen LogP contribution in [0.2, 0.25) is 0 Å². The third-order valence-electron chi connectivity index (χ3n) is 3.73. The summed E-state index contributed by atoms with van der Waals surface area (Å²) < 4.78 is 0. The molecule has 12 heavy (non-hydrogen) atoms. The standard InChI is InChI=1S/C10H20N2/c1-10(4-7-12-8-10)9-2-5-11-6-3-9/h9,11-12H,2-8H2,1H3. The van der Waals surface area contributed by atoms with Gasteiger partial charge in [-0.2, -0.15) is 0 Å². The van der Waals surface area contributed by atoms with Crippen molar-refractivity contribution in [2.75, 3.05) is 26.2 Å². The van der Waals surface area contributed by atoms with Crippen LogP contribution in [0.5, 0.6) is 0 Å². The molecule has 0 saturated carbocycles. The molecule has 2 rings (SSSR count). The summed E-state index contributed by atoms with van der Waals surface area (Å²) in [5, 5.41) is 6.92. The highest BCUT2D eigenvalue weighted by molar-refractivity contribution is 4.91. The average Bonchev–Trinajstić information content (AvgIpc) is 2.55. The molecule has 0 radical (unpaired) electrons. The minimum Gasteiger partial charge on any atom is -0.317 e. The molecular formula is C10H20N2. The quantitative estimate of drug-likeness (QED) is 0.610. The molecule has 0 aromatic heterocycles. The average molecular weight is 168 g/mol. The van der Waals surface area contributed by atoms with Crippen LogP contribution in [0.1, 0.15) is 26.2 Å². The van der Waals surface area contributed by atoms with E-state index in [0.29, 0.717) is 5.41 Å². The second kappa shape index (κ2) is 3.35. The fraction of sp³-hybridized carbons (Fsp3) is 1.00. The number of hydrogen-bond acceptors (Lipinski definition) is 2. The maximum atomic E-state index is 3.49. The van der Waals surface area contributed by atoms with Gasteiger partial charge in [-0.05, 0) is 50.2 Å². The molecule has 0 aromatic rings. The van der Waals surface area contributed by atoms with Crippen LogP contribution in [-0.2, 0) is 0 Å². The van der Waals surface area contributed by atoms with Crippen LogP contribution in [0.4, 0.5) is 0 Å². The Bertz CT molecular complexity index is 144. The lowest BCUT2D eigenvalue weighted by molar-refractivity contribution is 0.166. The van der Waals surface area contributed by atoms with Gasteiger partial charge in [-0.15, -0.1) is 0 Å². The molecule has 2 aliphatic rings. The summed E-state index contributed by atoms with van der Waals surface area (Å²) in [5.74, 6) is 0.966. The van der Waals surface area contributed by atoms with E-state index in [4.69, 9.17) is 0 Å². The Kier molecular flexibility index (Phi) is 2.37. The zero-order chi connectivity index (χ0) is 8.44. The van der Waals surface area contributed by atoms with Crippen molar-refractivity contribution in [2.24, 2.45) is 11.3 Å². The lowest BCUT2D eigenvalue weighted by Gasteiger charge is -2.36. The summed E-state index contributed by atoms with van der Waals surface area (Å²) in [6, 6.07) is 0. The van der Waals surface area contributed by atoms with Crippen LogP contribution in [0.15, 0.2) is 0 Å². The number of piperidine rings is 1. The van der Waals surface area contributed by atoms with E-state index in [1.165, 1.54) is 45.4 Å². The van der Waals surface area contributed by atoms with E-state index < -0.39 is 0 Å². The van der Waals surface area contributed by atoms with Crippen molar-refractivity contribution >= 4 is 0 Å². The van der Waals surface area contributed by atoms with Gasteiger partial charge in [-0.3, -0.25) is 0 Å². The van der Waals surface area contributed by atoms with Gasteiger partial charge >= 0.3 is 0 Å². The molecule has 2 heterocycles. The highest BCUT2D eigenvalue weighted by Gasteiger charge is 2.36. The fourth-order valence-corrected chi connectivity index (χ4v) is 2.70. The van der Waals surface area contributed by atoms with Crippen molar-refractivity contribution in [2.45, 2.75) is 26.2 Å². The summed E-state index contributed by atoms with van der Waals surface area (Å²) in [7, 11) is 0. The maximum absolute atomic E-state index is 3.49. The lowest BCUT2D eigenvalue weighted by atomic mass is 9.72. The van der Waals surface area contributed by atoms with E-state index in [-0.39, 0.29) is 0 Å². The smallest absolute Gasteiger partial charge is 0.000831 e. The Labute approximate surface area is 75.1 Å². The number of nitrogens with one attached hydrogen (secondary N) is 2. The van der Waals surface area contributed by atoms with Crippen molar-refractivity contribution in [3.8, 4) is 0 Å². The summed E-state index contributed by atoms with van der Waals surface area (Å²) in [6.07, 6.45) is 4.16. The fourth-order valence-electron chi connectivity index (χ4n) is 2.70. The molecule has 1 atom stereocenters. The van der Waals surface area contributed by atoms with Crippen LogP contribution in [0, 0.1) is 11.3 Å². The zero-order valence-corrected chi connectivity index (χ0v) is 8.03. The van der Waals surface area contributed by atoms with Gasteiger partial charge in [0.15, 0.2) is 0 Å². The summed E-state index contributed by atoms with van der Waals surface area (Å²) >= 11 is 0. The molecule has 2 N–H and O–H groups in total. The predicted molar refractivity (Wildman–Crippen MR) is 51.2 cm³/mol. The van der Waals surface area contributed by atoms with Gasteiger partial charge in [-0.25, -0.2) is 0 Å². The summed E-state index contributed by atoms with van der Waals surface area (Å²) in [5.41, 5.74) is 0.613. The molecule has 0 amide bonds. The topological polar surface area (TPSA) is 24.1 Å². The van der Waals surface area contributed by atoms with Gasteiger partial charge in [0.2, 0.25) is 0 Å². The lowest BCUT2D eigenvalue weighted by Crippen LogP contribution is -2.38. The van der Waals surface area contributed by atoms with Crippen LogP contribution >= 0.6 is 0 Å². The van der Waals surface area contributed by atoms with Gasteiger partial charge in [0.25, 0.3) is 0 Å². The molecule has 2 fully saturated rings. The van der Waals surface area contributed by atoms with Gasteiger partial charge in [0, 0.05) is 6.54 Å². The van der Waals surface area contributed by atoms with Gasteiger partial charge in [-0.1, -0.05) is 6.92 Å². The Morgan fingerprint density at radius 3 is 2.42 bits per heavy atom. The van der Waals surface area contributed by atoms with Gasteiger partial charge in [0.1, 0.15) is 0 Å². The third-order valence-corrected chi connectivity index (χ3v) is 3.73. The third kappa shape index (κ3) is 1.50. The number of rotatable bonds is 1. The first-order chi connectivity index (χ1) is 5.81. The van der Waals surface area contributed by atoms with Crippen molar-refractivity contribution in [1.82, 2.24) is 10.6 Å². The van der Waals surface area contributed by atoms with E-state index >= 15 is 0 Å². The van der Waals surface area contributed by atoms with Crippen LogP contribution < -0.4 is 10.6 Å². The Morgan fingerprint density at radius 2 is 1.83 bits per heavy atom. The molecule has 0 bridgehead atoms. The second-order valence-corrected chi connectivity index (χ2v) is 4.61. The first-order valence-corrected chi connectivity index (χ1v) is 5.23. The van der Waals surface area contributed by atoms with E-state index in [2.05, 4.69) is 17.6 Å². The van der Waals surface area contributed by atoms with E-state index in [1.54, 1.807) is 0 Å². The predicted octanol–water partition coefficient (Wildman–Crippen LogP) is 0.986. The van der Waals surface area contributed by atoms with E-state index in [9.17, 15) is 0 Å². The van der Waals surface area contributed by atoms with Crippen LogP contribution in [-0.4, -0.2) is 26.2 Å². The first-order valence-electron chi connectivity index (χ1n) is 5.23. The molecule has 0 aliphatic carbocycles. The van der Waals surface area contributed by atoms with E-state index in [1.807, 2.05) is 0 Å². The van der Waals surface area contributed by atoms with Gasteiger partial charge in [0.05, 0.1) is 0 Å². The number of hydrogen-bond donors (Lipinski definition) is 2. The van der Waals surface area contributed by atoms with Crippen molar-refractivity contribution in [3.05, 3.63) is 0 Å².